The third-order valence-electron chi connectivity index (χ3n) is 8.72. The van der Waals surface area contributed by atoms with Crippen LogP contribution in [0.2, 0.25) is 5.02 Å². The second-order valence-corrected chi connectivity index (χ2v) is 12.5. The molecule has 0 spiro atoms. The van der Waals surface area contributed by atoms with Crippen LogP contribution < -0.4 is 20.7 Å². The summed E-state index contributed by atoms with van der Waals surface area (Å²) in [4.78, 5) is 66.8. The van der Waals surface area contributed by atoms with Gasteiger partial charge in [-0.15, -0.1) is 0 Å². The van der Waals surface area contributed by atoms with Gasteiger partial charge in [0.05, 0.1) is 13.2 Å². The SMILES string of the molecule is COC(=O)N[C@H](C(=O)N1C[C@H]2[C@@H](C1C(=O)N[C@@H](C[C@@H]1CCNC1=O)C(=O)COc1cccc(Cl)c1)C2(C)C)C(C)C. The van der Waals surface area contributed by atoms with E-state index in [0.29, 0.717) is 30.3 Å². The Hall–Kier alpha value is -3.34. The number of rotatable bonds is 11. The van der Waals surface area contributed by atoms with Gasteiger partial charge in [-0.2, -0.15) is 0 Å². The second-order valence-electron chi connectivity index (χ2n) is 12.0. The van der Waals surface area contributed by atoms with Crippen molar-refractivity contribution >= 4 is 41.2 Å². The number of carbonyl (C=O) groups is 5. The van der Waals surface area contributed by atoms with Gasteiger partial charge in [0.1, 0.15) is 24.4 Å². The molecule has 2 saturated heterocycles. The van der Waals surface area contributed by atoms with Gasteiger partial charge in [0, 0.05) is 24.0 Å². The lowest BCUT2D eigenvalue weighted by Gasteiger charge is -2.34. The zero-order valence-electron chi connectivity index (χ0n) is 24.1. The van der Waals surface area contributed by atoms with Gasteiger partial charge < -0.3 is 30.3 Å². The number of ketones is 1. The summed E-state index contributed by atoms with van der Waals surface area (Å²) in [6.07, 6.45) is -0.0661. The average Bonchev–Trinajstić information content (AvgIpc) is 3.27. The molecule has 11 nitrogen and oxygen atoms in total. The molecule has 0 radical (unpaired) electrons. The number of likely N-dealkylation sites (tertiary alicyclic amines) is 1. The summed E-state index contributed by atoms with van der Waals surface area (Å²) in [5, 5.41) is 8.69. The monoisotopic (exact) mass is 590 g/mol. The van der Waals surface area contributed by atoms with Crippen LogP contribution in [0.25, 0.3) is 0 Å². The molecule has 3 N–H and O–H groups in total. The van der Waals surface area contributed by atoms with Crippen molar-refractivity contribution < 1.29 is 33.4 Å². The average molecular weight is 591 g/mol. The van der Waals surface area contributed by atoms with E-state index < -0.39 is 41.8 Å². The van der Waals surface area contributed by atoms with Crippen LogP contribution in [0.4, 0.5) is 4.79 Å². The zero-order valence-corrected chi connectivity index (χ0v) is 24.8. The predicted octanol–water partition coefficient (Wildman–Crippen LogP) is 2.16. The summed E-state index contributed by atoms with van der Waals surface area (Å²) in [5.41, 5.74) is -0.164. The first-order valence-electron chi connectivity index (χ1n) is 14.0. The van der Waals surface area contributed by atoms with E-state index in [0.717, 1.165) is 0 Å². The lowest BCUT2D eigenvalue weighted by atomic mass is 9.94. The molecule has 0 bridgehead atoms. The van der Waals surface area contributed by atoms with Gasteiger partial charge in [-0.1, -0.05) is 45.4 Å². The fourth-order valence-corrected chi connectivity index (χ4v) is 6.37. The molecule has 1 unspecified atom stereocenters. The highest BCUT2D eigenvalue weighted by Crippen LogP contribution is 2.65. The van der Waals surface area contributed by atoms with Crippen LogP contribution in [0.1, 0.15) is 40.5 Å². The maximum Gasteiger partial charge on any atom is 0.407 e. The minimum absolute atomic E-state index is 0.106. The van der Waals surface area contributed by atoms with Crippen molar-refractivity contribution in [2.45, 2.75) is 58.7 Å². The summed E-state index contributed by atoms with van der Waals surface area (Å²) < 4.78 is 10.4. The van der Waals surface area contributed by atoms with Crippen molar-refractivity contribution in [2.24, 2.45) is 29.1 Å². The maximum absolute atomic E-state index is 13.9. The molecule has 1 aromatic rings. The van der Waals surface area contributed by atoms with Crippen molar-refractivity contribution in [1.29, 1.82) is 0 Å². The molecule has 224 valence electrons. The van der Waals surface area contributed by atoms with E-state index in [9.17, 15) is 24.0 Å². The first-order chi connectivity index (χ1) is 19.3. The normalized spacial score (nSPS) is 25.5. The molecule has 1 aliphatic carbocycles. The number of nitrogens with zero attached hydrogens (tertiary/aromatic N) is 1. The van der Waals surface area contributed by atoms with Crippen molar-refractivity contribution in [1.82, 2.24) is 20.9 Å². The van der Waals surface area contributed by atoms with E-state index in [1.165, 1.54) is 12.0 Å². The number of carbonyl (C=O) groups excluding carboxylic acids is 5. The Kier molecular flexibility index (Phi) is 9.16. The fraction of sp³-hybridized carbons (Fsp3) is 0.621. The molecule has 4 rings (SSSR count). The van der Waals surface area contributed by atoms with Crippen LogP contribution in [-0.2, 0) is 23.9 Å². The van der Waals surface area contributed by atoms with Crippen LogP contribution in [0.3, 0.4) is 0 Å². The minimum Gasteiger partial charge on any atom is -0.486 e. The van der Waals surface area contributed by atoms with E-state index in [-0.39, 0.29) is 48.0 Å². The number of amides is 4. The number of methoxy groups -OCH3 is 1. The molecular formula is C29H39ClN4O7. The van der Waals surface area contributed by atoms with Gasteiger partial charge in [-0.25, -0.2) is 4.79 Å². The highest BCUT2D eigenvalue weighted by Gasteiger charge is 2.69. The Bertz CT molecular complexity index is 1210. The third kappa shape index (κ3) is 6.60. The first-order valence-corrected chi connectivity index (χ1v) is 14.4. The number of alkyl carbamates (subject to hydrolysis) is 1. The van der Waals surface area contributed by atoms with Crippen LogP contribution in [0, 0.1) is 29.1 Å². The Labute approximate surface area is 245 Å². The molecule has 12 heteroatoms. The predicted molar refractivity (Wildman–Crippen MR) is 150 cm³/mol. The number of benzene rings is 1. The Morgan fingerprint density at radius 3 is 2.54 bits per heavy atom. The summed E-state index contributed by atoms with van der Waals surface area (Å²) >= 11 is 6.02. The maximum atomic E-state index is 13.9. The number of piperidine rings is 1. The summed E-state index contributed by atoms with van der Waals surface area (Å²) in [5.74, 6) is -1.68. The zero-order chi connectivity index (χ0) is 30.1. The number of fused-ring (bicyclic) bond motifs is 1. The van der Waals surface area contributed by atoms with E-state index in [2.05, 4.69) is 29.8 Å². The number of Topliss-reactive ketones (excluding diaryl/α,β-unsaturated/α-hetero) is 1. The highest BCUT2D eigenvalue weighted by atomic mass is 35.5. The molecule has 2 heterocycles. The van der Waals surface area contributed by atoms with Gasteiger partial charge in [0.25, 0.3) is 0 Å². The molecule has 41 heavy (non-hydrogen) atoms. The molecule has 4 amide bonds. The lowest BCUT2D eigenvalue weighted by molar-refractivity contribution is -0.143. The van der Waals surface area contributed by atoms with Gasteiger partial charge in [0.2, 0.25) is 17.7 Å². The molecule has 2 aliphatic heterocycles. The number of halogens is 1. The lowest BCUT2D eigenvalue weighted by Crippen LogP contribution is -2.59. The van der Waals surface area contributed by atoms with Crippen molar-refractivity contribution in [3.05, 3.63) is 29.3 Å². The first kappa shape index (κ1) is 30.6. The number of hydrogen-bond donors (Lipinski definition) is 3. The van der Waals surface area contributed by atoms with E-state index in [4.69, 9.17) is 21.1 Å². The summed E-state index contributed by atoms with van der Waals surface area (Å²) in [6, 6.07) is 3.92. The molecule has 3 fully saturated rings. The largest absolute Gasteiger partial charge is 0.486 e. The standard InChI is InChI=1S/C29H39ClN4O7/c1-15(2)23(33-28(39)40-5)27(38)34-13-19-22(29(19,3)4)24(34)26(37)32-20(11-16-9-10-31-25(16)36)21(35)14-41-18-8-6-7-17(30)12-18/h6-8,12,15-16,19-20,22-24H,9-11,13-14H2,1-5H3,(H,31,36)(H,32,37)(H,33,39)/t16-,19-,20-,22-,23-,24?/m0/s1. The molecular weight excluding hydrogens is 552 g/mol. The Balaban J connectivity index is 1.53. The topological polar surface area (TPSA) is 143 Å². The third-order valence-corrected chi connectivity index (χ3v) is 8.95. The van der Waals surface area contributed by atoms with Crippen molar-refractivity contribution in [2.75, 3.05) is 26.8 Å². The van der Waals surface area contributed by atoms with Gasteiger partial charge in [-0.05, 0) is 54.2 Å². The van der Waals surface area contributed by atoms with Gasteiger partial charge in [-0.3, -0.25) is 19.2 Å². The van der Waals surface area contributed by atoms with Gasteiger partial charge >= 0.3 is 6.09 Å². The van der Waals surface area contributed by atoms with Gasteiger partial charge in [0.15, 0.2) is 5.78 Å². The molecule has 1 saturated carbocycles. The molecule has 6 atom stereocenters. The summed E-state index contributed by atoms with van der Waals surface area (Å²) in [6.45, 7) is 8.25. The number of nitrogens with one attached hydrogen (secondary N) is 3. The number of ether oxygens (including phenoxy) is 2. The van der Waals surface area contributed by atoms with E-state index in [1.807, 2.05) is 0 Å². The van der Waals surface area contributed by atoms with Crippen LogP contribution in [0.15, 0.2) is 24.3 Å². The fourth-order valence-electron chi connectivity index (χ4n) is 6.19. The molecule has 0 aromatic heterocycles. The minimum atomic E-state index is -0.998. The highest BCUT2D eigenvalue weighted by molar-refractivity contribution is 6.30. The Morgan fingerprint density at radius 1 is 1.20 bits per heavy atom. The molecule has 3 aliphatic rings. The van der Waals surface area contributed by atoms with Crippen LogP contribution in [0.5, 0.6) is 5.75 Å². The van der Waals surface area contributed by atoms with Crippen molar-refractivity contribution in [3.8, 4) is 5.75 Å². The van der Waals surface area contributed by atoms with E-state index in [1.54, 1.807) is 38.1 Å². The number of hydrogen-bond acceptors (Lipinski definition) is 7. The van der Waals surface area contributed by atoms with Crippen LogP contribution >= 0.6 is 11.6 Å². The summed E-state index contributed by atoms with van der Waals surface area (Å²) in [7, 11) is 1.22. The van der Waals surface area contributed by atoms with Crippen LogP contribution in [-0.4, -0.2) is 79.4 Å². The van der Waals surface area contributed by atoms with E-state index >= 15 is 0 Å². The van der Waals surface area contributed by atoms with Crippen molar-refractivity contribution in [3.63, 3.8) is 0 Å². The quantitative estimate of drug-likeness (QED) is 0.358. The molecule has 1 aromatic carbocycles. The Morgan fingerprint density at radius 2 is 1.93 bits per heavy atom. The second kappa shape index (κ2) is 12.3. The smallest absolute Gasteiger partial charge is 0.407 e.